The molecule has 3 aromatic heterocycles. The van der Waals surface area contributed by atoms with Crippen LogP contribution in [0.15, 0.2) is 53.4 Å². The molecule has 0 aromatic carbocycles. The average Bonchev–Trinajstić information content (AvgIpc) is 3.19. The largest absolute Gasteiger partial charge is 0.370 e. The summed E-state index contributed by atoms with van der Waals surface area (Å²) in [6, 6.07) is 10.3. The number of pyridine rings is 1. The SMILES string of the molecule is Cc1cc(CN2Cc3cccn3CC(OCc3ccncc3)C2)no1. The summed E-state index contributed by atoms with van der Waals surface area (Å²) >= 11 is 0. The Morgan fingerprint density at radius 1 is 1.24 bits per heavy atom. The zero-order valence-electron chi connectivity index (χ0n) is 14.3. The molecule has 0 radical (unpaired) electrons. The van der Waals surface area contributed by atoms with E-state index in [1.54, 1.807) is 12.4 Å². The summed E-state index contributed by atoms with van der Waals surface area (Å²) < 4.78 is 13.7. The van der Waals surface area contributed by atoms with E-state index < -0.39 is 0 Å². The lowest BCUT2D eigenvalue weighted by Crippen LogP contribution is -2.32. The van der Waals surface area contributed by atoms with E-state index in [9.17, 15) is 0 Å². The fraction of sp³-hybridized carbons (Fsp3) is 0.368. The van der Waals surface area contributed by atoms with Crippen LogP contribution >= 0.6 is 0 Å². The molecule has 0 aliphatic carbocycles. The van der Waals surface area contributed by atoms with Gasteiger partial charge in [0.25, 0.3) is 0 Å². The van der Waals surface area contributed by atoms with Crippen molar-refractivity contribution >= 4 is 0 Å². The molecule has 0 bridgehead atoms. The smallest absolute Gasteiger partial charge is 0.133 e. The maximum absolute atomic E-state index is 6.21. The van der Waals surface area contributed by atoms with Crippen LogP contribution in [0.25, 0.3) is 0 Å². The molecule has 0 spiro atoms. The summed E-state index contributed by atoms with van der Waals surface area (Å²) in [5, 5.41) is 4.13. The van der Waals surface area contributed by atoms with Gasteiger partial charge in [-0.3, -0.25) is 9.88 Å². The first kappa shape index (κ1) is 16.1. The molecule has 1 aliphatic heterocycles. The summed E-state index contributed by atoms with van der Waals surface area (Å²) in [4.78, 5) is 6.42. The first-order valence-corrected chi connectivity index (χ1v) is 8.55. The van der Waals surface area contributed by atoms with Crippen LogP contribution in [0.4, 0.5) is 0 Å². The number of hydrogen-bond donors (Lipinski definition) is 0. The van der Waals surface area contributed by atoms with Gasteiger partial charge in [-0.2, -0.15) is 0 Å². The Labute approximate surface area is 147 Å². The van der Waals surface area contributed by atoms with Gasteiger partial charge in [-0.1, -0.05) is 5.16 Å². The second-order valence-electron chi connectivity index (χ2n) is 6.54. The van der Waals surface area contributed by atoms with Crippen molar-refractivity contribution in [2.75, 3.05) is 6.54 Å². The third kappa shape index (κ3) is 3.97. The van der Waals surface area contributed by atoms with Crippen LogP contribution in [0.2, 0.25) is 0 Å². The van der Waals surface area contributed by atoms with Gasteiger partial charge in [0.05, 0.1) is 18.4 Å². The highest BCUT2D eigenvalue weighted by Gasteiger charge is 2.23. The summed E-state index contributed by atoms with van der Waals surface area (Å²) in [5.74, 6) is 0.846. The Bertz CT molecular complexity index is 812. The Kier molecular flexibility index (Phi) is 4.63. The van der Waals surface area contributed by atoms with E-state index in [1.165, 1.54) is 5.69 Å². The number of aromatic nitrogens is 3. The lowest BCUT2D eigenvalue weighted by molar-refractivity contribution is 0.00831. The zero-order chi connectivity index (χ0) is 17.1. The molecule has 130 valence electrons. The first-order valence-electron chi connectivity index (χ1n) is 8.55. The average molecular weight is 338 g/mol. The number of nitrogens with zero attached hydrogens (tertiary/aromatic N) is 4. The van der Waals surface area contributed by atoms with Gasteiger partial charge in [-0.05, 0) is 36.8 Å². The normalized spacial score (nSPS) is 18.0. The van der Waals surface area contributed by atoms with Crippen molar-refractivity contribution in [3.05, 3.63) is 71.6 Å². The quantitative estimate of drug-likeness (QED) is 0.716. The number of aryl methyl sites for hydroxylation is 1. The molecule has 1 atom stereocenters. The van der Waals surface area contributed by atoms with Crippen molar-refractivity contribution in [1.29, 1.82) is 0 Å². The zero-order valence-corrected chi connectivity index (χ0v) is 14.3. The van der Waals surface area contributed by atoms with Gasteiger partial charge in [-0.25, -0.2) is 0 Å². The fourth-order valence-electron chi connectivity index (χ4n) is 3.27. The summed E-state index contributed by atoms with van der Waals surface area (Å²) in [6.07, 6.45) is 5.85. The second kappa shape index (κ2) is 7.21. The van der Waals surface area contributed by atoms with Crippen molar-refractivity contribution in [2.45, 2.75) is 39.3 Å². The van der Waals surface area contributed by atoms with Gasteiger partial charge in [0.15, 0.2) is 0 Å². The van der Waals surface area contributed by atoms with Crippen molar-refractivity contribution in [3.63, 3.8) is 0 Å². The maximum atomic E-state index is 6.21. The Balaban J connectivity index is 1.47. The molecular weight excluding hydrogens is 316 g/mol. The predicted molar refractivity (Wildman–Crippen MR) is 92.6 cm³/mol. The minimum absolute atomic E-state index is 0.120. The van der Waals surface area contributed by atoms with Crippen molar-refractivity contribution in [3.8, 4) is 0 Å². The molecule has 1 unspecified atom stereocenters. The Morgan fingerprint density at radius 2 is 2.12 bits per heavy atom. The molecule has 1 aliphatic rings. The van der Waals surface area contributed by atoms with E-state index >= 15 is 0 Å². The molecule has 0 saturated heterocycles. The van der Waals surface area contributed by atoms with Crippen LogP contribution in [0.3, 0.4) is 0 Å². The molecule has 0 saturated carbocycles. The topological polar surface area (TPSA) is 56.3 Å². The van der Waals surface area contributed by atoms with Gasteiger partial charge in [0.2, 0.25) is 0 Å². The highest BCUT2D eigenvalue weighted by atomic mass is 16.5. The molecule has 4 heterocycles. The Hall–Kier alpha value is -2.44. The molecule has 4 rings (SSSR count). The molecule has 0 amide bonds. The lowest BCUT2D eigenvalue weighted by Gasteiger charge is -2.23. The van der Waals surface area contributed by atoms with Gasteiger partial charge >= 0.3 is 0 Å². The van der Waals surface area contributed by atoms with Crippen LogP contribution < -0.4 is 0 Å². The fourth-order valence-corrected chi connectivity index (χ4v) is 3.27. The van der Waals surface area contributed by atoms with Gasteiger partial charge in [0, 0.05) is 56.5 Å². The van der Waals surface area contributed by atoms with Crippen LogP contribution in [-0.2, 0) is 31.0 Å². The molecule has 6 heteroatoms. The summed E-state index contributed by atoms with van der Waals surface area (Å²) in [5.41, 5.74) is 3.41. The third-order valence-corrected chi connectivity index (χ3v) is 4.47. The van der Waals surface area contributed by atoms with Crippen molar-refractivity contribution in [1.82, 2.24) is 19.6 Å². The van der Waals surface area contributed by atoms with E-state index in [0.717, 1.165) is 43.2 Å². The molecule has 6 nitrogen and oxygen atoms in total. The van der Waals surface area contributed by atoms with Crippen LogP contribution in [0, 0.1) is 6.92 Å². The maximum Gasteiger partial charge on any atom is 0.133 e. The molecule has 25 heavy (non-hydrogen) atoms. The van der Waals surface area contributed by atoms with Crippen LogP contribution in [-0.4, -0.2) is 32.3 Å². The lowest BCUT2D eigenvalue weighted by atomic mass is 10.2. The highest BCUT2D eigenvalue weighted by Crippen LogP contribution is 2.18. The summed E-state index contributed by atoms with van der Waals surface area (Å²) in [6.45, 7) is 5.89. The molecular formula is C19H22N4O2. The highest BCUT2D eigenvalue weighted by molar-refractivity contribution is 5.11. The van der Waals surface area contributed by atoms with E-state index in [0.29, 0.717) is 6.61 Å². The minimum Gasteiger partial charge on any atom is -0.370 e. The second-order valence-corrected chi connectivity index (χ2v) is 6.54. The van der Waals surface area contributed by atoms with Gasteiger partial charge in [0.1, 0.15) is 5.76 Å². The van der Waals surface area contributed by atoms with Crippen LogP contribution in [0.5, 0.6) is 0 Å². The van der Waals surface area contributed by atoms with E-state index in [4.69, 9.17) is 9.26 Å². The number of fused-ring (bicyclic) bond motifs is 1. The van der Waals surface area contributed by atoms with Crippen molar-refractivity contribution < 1.29 is 9.26 Å². The molecule has 3 aromatic rings. The van der Waals surface area contributed by atoms with Crippen LogP contribution in [0.1, 0.15) is 22.7 Å². The van der Waals surface area contributed by atoms with E-state index in [-0.39, 0.29) is 6.10 Å². The van der Waals surface area contributed by atoms with E-state index in [1.807, 2.05) is 25.1 Å². The predicted octanol–water partition coefficient (Wildman–Crippen LogP) is 2.78. The monoisotopic (exact) mass is 338 g/mol. The van der Waals surface area contributed by atoms with Crippen molar-refractivity contribution in [2.24, 2.45) is 0 Å². The third-order valence-electron chi connectivity index (χ3n) is 4.47. The van der Waals surface area contributed by atoms with Gasteiger partial charge in [-0.15, -0.1) is 0 Å². The standard InChI is InChI=1S/C19H22N4O2/c1-15-9-17(21-25-15)10-22-11-18-3-2-8-23(18)13-19(12-22)24-14-16-4-6-20-7-5-16/h2-9,19H,10-14H2,1H3. The summed E-state index contributed by atoms with van der Waals surface area (Å²) in [7, 11) is 0. The van der Waals surface area contributed by atoms with E-state index in [2.05, 4.69) is 37.9 Å². The Morgan fingerprint density at radius 3 is 2.92 bits per heavy atom. The number of rotatable bonds is 5. The minimum atomic E-state index is 0.120. The van der Waals surface area contributed by atoms with Gasteiger partial charge < -0.3 is 13.8 Å². The molecule has 0 N–H and O–H groups in total. The number of hydrogen-bond acceptors (Lipinski definition) is 5. The number of ether oxygens (including phenoxy) is 1. The molecule has 0 fully saturated rings. The first-order chi connectivity index (χ1) is 12.3.